The molecule has 14 heteroatoms. The van der Waals surface area contributed by atoms with Gasteiger partial charge in [0.15, 0.2) is 17.5 Å². The lowest BCUT2D eigenvalue weighted by molar-refractivity contribution is -0.150. The molecule has 0 spiro atoms. The molecule has 1 unspecified atom stereocenters. The van der Waals surface area contributed by atoms with Crippen LogP contribution in [-0.4, -0.2) is 88.9 Å². The van der Waals surface area contributed by atoms with E-state index in [0.29, 0.717) is 28.9 Å². The first-order valence-electron chi connectivity index (χ1n) is 12.3. The summed E-state index contributed by atoms with van der Waals surface area (Å²) in [6.07, 6.45) is 0.275. The molecule has 0 fully saturated rings. The van der Waals surface area contributed by atoms with Crippen LogP contribution in [0.4, 0.5) is 0 Å². The third-order valence-electron chi connectivity index (χ3n) is 5.95. The molecule has 0 aliphatic rings. The second kappa shape index (κ2) is 14.5. The summed E-state index contributed by atoms with van der Waals surface area (Å²) in [5.74, 6) is -1.16. The van der Waals surface area contributed by atoms with E-state index in [0.717, 1.165) is 4.90 Å². The molecule has 0 aliphatic carbocycles. The third-order valence-corrected chi connectivity index (χ3v) is 7.42. The normalized spacial score (nSPS) is 12.9. The Hall–Kier alpha value is -3.62. The van der Waals surface area contributed by atoms with Gasteiger partial charge >= 0.3 is 5.97 Å². The summed E-state index contributed by atoms with van der Waals surface area (Å²) in [4.78, 5) is 30.2. The fourth-order valence-electron chi connectivity index (χ4n) is 3.85. The molecule has 216 valence electrons. The standard InChI is InChI=1S/C25H37N5O8S/c1-5-38-12-11-30(16(2)24(32)33)23(31)20(7-6-10-28-25(26)27)29-39(34,35)19-9-8-17-14-21(36-3)22(37-4)15-18(17)13-19/h8-9,13-16,20,29H,5-7,10-12H2,1-4H3,(H,32,33)(H4,26,27,28)/t16?,20-/m0/s1. The molecule has 2 aromatic carbocycles. The number of carboxylic acids is 1. The first kappa shape index (κ1) is 31.6. The molecule has 0 aromatic heterocycles. The van der Waals surface area contributed by atoms with Crippen LogP contribution in [0.1, 0.15) is 26.7 Å². The number of guanidine groups is 1. The van der Waals surface area contributed by atoms with Gasteiger partial charge in [0, 0.05) is 19.7 Å². The maximum absolute atomic E-state index is 13.6. The summed E-state index contributed by atoms with van der Waals surface area (Å²) in [5, 5.41) is 10.9. The minimum absolute atomic E-state index is 0.0188. The van der Waals surface area contributed by atoms with E-state index in [1.807, 2.05) is 0 Å². The fraction of sp³-hybridized carbons (Fsp3) is 0.480. The molecule has 6 N–H and O–H groups in total. The number of carbonyl (C=O) groups is 2. The smallest absolute Gasteiger partial charge is 0.326 e. The predicted molar refractivity (Wildman–Crippen MR) is 146 cm³/mol. The Kier molecular flexibility index (Phi) is 11.8. The van der Waals surface area contributed by atoms with Gasteiger partial charge in [0.1, 0.15) is 12.1 Å². The van der Waals surface area contributed by atoms with Crippen LogP contribution in [0.5, 0.6) is 11.5 Å². The zero-order valence-electron chi connectivity index (χ0n) is 22.5. The van der Waals surface area contributed by atoms with Crippen LogP contribution in [-0.2, 0) is 24.3 Å². The topological polar surface area (TPSA) is 196 Å². The summed E-state index contributed by atoms with van der Waals surface area (Å²) >= 11 is 0. The number of fused-ring (bicyclic) bond motifs is 1. The molecule has 0 saturated carbocycles. The first-order valence-corrected chi connectivity index (χ1v) is 13.8. The quantitative estimate of drug-likeness (QED) is 0.128. The fourth-order valence-corrected chi connectivity index (χ4v) is 5.11. The average Bonchev–Trinajstić information content (AvgIpc) is 2.90. The largest absolute Gasteiger partial charge is 0.493 e. The van der Waals surface area contributed by atoms with E-state index in [1.54, 1.807) is 25.1 Å². The van der Waals surface area contributed by atoms with Crippen LogP contribution >= 0.6 is 0 Å². The number of ether oxygens (including phenoxy) is 3. The van der Waals surface area contributed by atoms with E-state index < -0.39 is 34.0 Å². The Labute approximate surface area is 228 Å². The van der Waals surface area contributed by atoms with Crippen LogP contribution in [0, 0.1) is 0 Å². The van der Waals surface area contributed by atoms with Crippen molar-refractivity contribution in [1.29, 1.82) is 0 Å². The Balaban J connectivity index is 2.43. The number of benzene rings is 2. The van der Waals surface area contributed by atoms with Crippen LogP contribution < -0.4 is 25.7 Å². The highest BCUT2D eigenvalue weighted by Crippen LogP contribution is 2.33. The molecular formula is C25H37N5O8S. The SMILES string of the molecule is CCOCCN(C(=O)[C@H](CCCN=C(N)N)NS(=O)(=O)c1ccc2cc(OC)c(OC)cc2c1)C(C)C(=O)O. The molecule has 2 rings (SSSR count). The Morgan fingerprint density at radius 3 is 2.31 bits per heavy atom. The Bertz CT molecular complexity index is 1280. The number of methoxy groups -OCH3 is 2. The van der Waals surface area contributed by atoms with E-state index >= 15 is 0 Å². The summed E-state index contributed by atoms with van der Waals surface area (Å²) in [7, 11) is -1.25. The van der Waals surface area contributed by atoms with Crippen molar-refractivity contribution in [3.8, 4) is 11.5 Å². The van der Waals surface area contributed by atoms with Gasteiger partial charge in [0.2, 0.25) is 15.9 Å². The molecule has 0 saturated heterocycles. The van der Waals surface area contributed by atoms with Crippen molar-refractivity contribution >= 4 is 38.6 Å². The van der Waals surface area contributed by atoms with E-state index in [9.17, 15) is 23.1 Å². The maximum Gasteiger partial charge on any atom is 0.326 e. The van der Waals surface area contributed by atoms with Crippen LogP contribution in [0.3, 0.4) is 0 Å². The number of nitrogens with one attached hydrogen (secondary N) is 1. The van der Waals surface area contributed by atoms with Gasteiger partial charge < -0.3 is 35.7 Å². The lowest BCUT2D eigenvalue weighted by atomic mass is 10.1. The summed E-state index contributed by atoms with van der Waals surface area (Å²) in [5.41, 5.74) is 10.7. The van der Waals surface area contributed by atoms with Gasteiger partial charge in [-0.25, -0.2) is 13.2 Å². The summed E-state index contributed by atoms with van der Waals surface area (Å²) < 4.78 is 45.3. The Morgan fingerprint density at radius 1 is 1.10 bits per heavy atom. The number of carbonyl (C=O) groups excluding carboxylic acids is 1. The minimum Gasteiger partial charge on any atom is -0.493 e. The molecule has 39 heavy (non-hydrogen) atoms. The van der Waals surface area contributed by atoms with Gasteiger partial charge in [0.05, 0.1) is 25.7 Å². The van der Waals surface area contributed by atoms with Crippen molar-refractivity contribution in [3.05, 3.63) is 30.3 Å². The van der Waals surface area contributed by atoms with Crippen molar-refractivity contribution in [2.24, 2.45) is 16.5 Å². The number of sulfonamides is 1. The highest BCUT2D eigenvalue weighted by atomic mass is 32.2. The van der Waals surface area contributed by atoms with Gasteiger partial charge in [-0.15, -0.1) is 0 Å². The second-order valence-electron chi connectivity index (χ2n) is 8.58. The molecule has 0 heterocycles. The van der Waals surface area contributed by atoms with E-state index in [1.165, 1.54) is 33.3 Å². The number of aliphatic carboxylic acids is 1. The van der Waals surface area contributed by atoms with Crippen molar-refractivity contribution in [2.75, 3.05) is 40.5 Å². The predicted octanol–water partition coefficient (Wildman–Crippen LogP) is 0.896. The molecule has 0 radical (unpaired) electrons. The zero-order chi connectivity index (χ0) is 29.2. The highest BCUT2D eigenvalue weighted by molar-refractivity contribution is 7.89. The van der Waals surface area contributed by atoms with Crippen molar-refractivity contribution in [3.63, 3.8) is 0 Å². The van der Waals surface area contributed by atoms with Gasteiger partial charge in [-0.1, -0.05) is 6.07 Å². The second-order valence-corrected chi connectivity index (χ2v) is 10.3. The minimum atomic E-state index is -4.22. The number of carboxylic acid groups (broad SMARTS) is 1. The van der Waals surface area contributed by atoms with E-state index in [4.69, 9.17) is 25.7 Å². The van der Waals surface area contributed by atoms with Crippen LogP contribution in [0.25, 0.3) is 10.8 Å². The molecule has 13 nitrogen and oxygen atoms in total. The first-order chi connectivity index (χ1) is 18.4. The maximum atomic E-state index is 13.6. The lowest BCUT2D eigenvalue weighted by Gasteiger charge is -2.30. The number of rotatable bonds is 16. The van der Waals surface area contributed by atoms with Crippen LogP contribution in [0.15, 0.2) is 40.2 Å². The number of hydrogen-bond acceptors (Lipinski definition) is 8. The number of nitrogens with zero attached hydrogens (tertiary/aromatic N) is 2. The molecule has 2 aromatic rings. The highest BCUT2D eigenvalue weighted by Gasteiger charge is 2.33. The summed E-state index contributed by atoms with van der Waals surface area (Å²) in [6, 6.07) is 5.34. The molecule has 2 atom stereocenters. The third kappa shape index (κ3) is 8.70. The molecular weight excluding hydrogens is 530 g/mol. The van der Waals surface area contributed by atoms with E-state index in [-0.39, 0.29) is 43.4 Å². The van der Waals surface area contributed by atoms with Gasteiger partial charge in [-0.05, 0) is 61.7 Å². The number of nitrogens with two attached hydrogens (primary N) is 2. The number of aliphatic imine (C=N–C) groups is 1. The van der Waals surface area contributed by atoms with Gasteiger partial charge in [-0.2, -0.15) is 4.72 Å². The van der Waals surface area contributed by atoms with Gasteiger partial charge in [0.25, 0.3) is 0 Å². The van der Waals surface area contributed by atoms with Crippen molar-refractivity contribution in [1.82, 2.24) is 9.62 Å². The zero-order valence-corrected chi connectivity index (χ0v) is 23.4. The number of hydrogen-bond donors (Lipinski definition) is 4. The monoisotopic (exact) mass is 567 g/mol. The molecule has 1 amide bonds. The molecule has 0 aliphatic heterocycles. The van der Waals surface area contributed by atoms with Crippen molar-refractivity contribution in [2.45, 2.75) is 43.7 Å². The Morgan fingerprint density at radius 2 is 1.74 bits per heavy atom. The molecule has 0 bridgehead atoms. The lowest BCUT2D eigenvalue weighted by Crippen LogP contribution is -2.54. The number of amides is 1. The average molecular weight is 568 g/mol. The van der Waals surface area contributed by atoms with Crippen LogP contribution in [0.2, 0.25) is 0 Å². The van der Waals surface area contributed by atoms with Crippen molar-refractivity contribution < 1.29 is 37.3 Å². The van der Waals surface area contributed by atoms with Gasteiger partial charge in [-0.3, -0.25) is 9.79 Å². The van der Waals surface area contributed by atoms with E-state index in [2.05, 4.69) is 9.71 Å². The summed E-state index contributed by atoms with van der Waals surface area (Å²) in [6.45, 7) is 3.69.